The van der Waals surface area contributed by atoms with Crippen LogP contribution < -0.4 is 4.74 Å². The number of H-pyrrole nitrogens is 1. The van der Waals surface area contributed by atoms with Crippen LogP contribution in [0.1, 0.15) is 31.3 Å². The Balaban J connectivity index is 2.27. The van der Waals surface area contributed by atoms with Gasteiger partial charge in [0.15, 0.2) is 16.7 Å². The molecule has 0 radical (unpaired) electrons. The van der Waals surface area contributed by atoms with E-state index in [4.69, 9.17) is 28.6 Å². The molecule has 0 saturated heterocycles. The number of ether oxygens (including phenoxy) is 1. The zero-order valence-corrected chi connectivity index (χ0v) is 12.7. The predicted molar refractivity (Wildman–Crippen MR) is 78.3 cm³/mol. The van der Waals surface area contributed by atoms with E-state index in [1.807, 2.05) is 43.5 Å². The number of hydrogen-bond donors (Lipinski definition) is 1. The van der Waals surface area contributed by atoms with E-state index in [2.05, 4.69) is 10.2 Å². The molecular weight excluding hydrogens is 282 g/mol. The molecule has 2 rings (SSSR count). The Morgan fingerprint density at radius 2 is 2.26 bits per heavy atom. The summed E-state index contributed by atoms with van der Waals surface area (Å²) in [5.74, 6) is 1.43. The summed E-state index contributed by atoms with van der Waals surface area (Å²) in [4.78, 5) is 0. The lowest BCUT2D eigenvalue weighted by molar-refractivity contribution is 0.210. The van der Waals surface area contributed by atoms with Crippen molar-refractivity contribution in [1.29, 1.82) is 0 Å². The van der Waals surface area contributed by atoms with Crippen LogP contribution in [-0.4, -0.2) is 14.8 Å². The van der Waals surface area contributed by atoms with E-state index >= 15 is 0 Å². The SMILES string of the molecule is CCn1c([C@@H](C)Oc2cc(C)ccc2Cl)n[nH]c1=S. The van der Waals surface area contributed by atoms with Crippen molar-refractivity contribution in [3.05, 3.63) is 39.4 Å². The fourth-order valence-electron chi connectivity index (χ4n) is 1.89. The Kier molecular flexibility index (Phi) is 4.27. The Labute approximate surface area is 122 Å². The molecule has 102 valence electrons. The first kappa shape index (κ1) is 14.1. The molecule has 0 saturated carbocycles. The number of nitrogens with zero attached hydrogens (tertiary/aromatic N) is 2. The predicted octanol–water partition coefficient (Wildman–Crippen LogP) is 4.06. The summed E-state index contributed by atoms with van der Waals surface area (Å²) >= 11 is 11.3. The molecule has 0 fully saturated rings. The van der Waals surface area contributed by atoms with Gasteiger partial charge in [-0.25, -0.2) is 0 Å². The third-order valence-electron chi connectivity index (χ3n) is 2.86. The Morgan fingerprint density at radius 1 is 1.53 bits per heavy atom. The normalized spacial score (nSPS) is 12.4. The molecule has 4 nitrogen and oxygen atoms in total. The molecule has 0 aliphatic carbocycles. The van der Waals surface area contributed by atoms with Gasteiger partial charge in [-0.15, -0.1) is 0 Å². The summed E-state index contributed by atoms with van der Waals surface area (Å²) in [6.45, 7) is 6.69. The molecule has 1 aromatic carbocycles. The van der Waals surface area contributed by atoms with E-state index in [-0.39, 0.29) is 6.10 Å². The highest BCUT2D eigenvalue weighted by Gasteiger charge is 2.16. The minimum atomic E-state index is -0.229. The first-order valence-corrected chi connectivity index (χ1v) is 6.89. The van der Waals surface area contributed by atoms with Crippen LogP contribution in [0.25, 0.3) is 0 Å². The standard InChI is InChI=1S/C13H16ClN3OS/c1-4-17-12(15-16-13(17)19)9(3)18-11-7-8(2)5-6-10(11)14/h5-7,9H,4H2,1-3H3,(H,16,19)/t9-/m1/s1. The first-order valence-electron chi connectivity index (χ1n) is 6.10. The molecule has 1 N–H and O–H groups in total. The van der Waals surface area contributed by atoms with Crippen molar-refractivity contribution in [2.45, 2.75) is 33.4 Å². The molecular formula is C13H16ClN3OS. The van der Waals surface area contributed by atoms with E-state index < -0.39 is 0 Å². The molecule has 1 heterocycles. The summed E-state index contributed by atoms with van der Waals surface area (Å²) in [5, 5.41) is 7.59. The van der Waals surface area contributed by atoms with E-state index in [0.717, 1.165) is 17.9 Å². The van der Waals surface area contributed by atoms with E-state index in [9.17, 15) is 0 Å². The van der Waals surface area contributed by atoms with Crippen molar-refractivity contribution in [2.24, 2.45) is 0 Å². The van der Waals surface area contributed by atoms with Gasteiger partial charge in [-0.2, -0.15) is 5.10 Å². The molecule has 0 amide bonds. The van der Waals surface area contributed by atoms with Gasteiger partial charge >= 0.3 is 0 Å². The molecule has 0 bridgehead atoms. The number of halogens is 1. The van der Waals surface area contributed by atoms with Crippen LogP contribution in [0.2, 0.25) is 5.02 Å². The fourth-order valence-corrected chi connectivity index (χ4v) is 2.32. The smallest absolute Gasteiger partial charge is 0.195 e. The number of benzene rings is 1. The summed E-state index contributed by atoms with van der Waals surface area (Å²) in [5.41, 5.74) is 1.10. The number of aromatic nitrogens is 3. The Morgan fingerprint density at radius 3 is 2.95 bits per heavy atom. The lowest BCUT2D eigenvalue weighted by Gasteiger charge is -2.16. The van der Waals surface area contributed by atoms with Crippen molar-refractivity contribution in [2.75, 3.05) is 0 Å². The highest BCUT2D eigenvalue weighted by molar-refractivity contribution is 7.71. The van der Waals surface area contributed by atoms with Gasteiger partial charge in [0.1, 0.15) is 5.75 Å². The second kappa shape index (κ2) is 5.75. The monoisotopic (exact) mass is 297 g/mol. The van der Waals surface area contributed by atoms with Gasteiger partial charge < -0.3 is 9.30 Å². The summed E-state index contributed by atoms with van der Waals surface area (Å²) in [6, 6.07) is 5.69. The number of aromatic amines is 1. The quantitative estimate of drug-likeness (QED) is 0.865. The molecule has 19 heavy (non-hydrogen) atoms. The van der Waals surface area contributed by atoms with Gasteiger partial charge in [-0.1, -0.05) is 17.7 Å². The molecule has 0 aliphatic heterocycles. The average molecular weight is 298 g/mol. The zero-order chi connectivity index (χ0) is 14.0. The lowest BCUT2D eigenvalue weighted by Crippen LogP contribution is -2.11. The topological polar surface area (TPSA) is 42.8 Å². The molecule has 0 unspecified atom stereocenters. The van der Waals surface area contributed by atoms with Crippen molar-refractivity contribution >= 4 is 23.8 Å². The zero-order valence-electron chi connectivity index (χ0n) is 11.1. The van der Waals surface area contributed by atoms with Gasteiger partial charge in [-0.3, -0.25) is 5.10 Å². The Hall–Kier alpha value is -1.33. The fraction of sp³-hybridized carbons (Fsp3) is 0.385. The molecule has 6 heteroatoms. The van der Waals surface area contributed by atoms with Crippen molar-refractivity contribution < 1.29 is 4.74 Å². The maximum Gasteiger partial charge on any atom is 0.195 e. The minimum Gasteiger partial charge on any atom is -0.481 e. The maximum atomic E-state index is 6.13. The van der Waals surface area contributed by atoms with Crippen molar-refractivity contribution in [1.82, 2.24) is 14.8 Å². The van der Waals surface area contributed by atoms with E-state index in [0.29, 0.717) is 15.5 Å². The minimum absolute atomic E-state index is 0.229. The first-order chi connectivity index (χ1) is 9.02. The van der Waals surface area contributed by atoms with Gasteiger partial charge in [0, 0.05) is 6.54 Å². The second-order valence-electron chi connectivity index (χ2n) is 4.33. The molecule has 1 atom stereocenters. The third-order valence-corrected chi connectivity index (χ3v) is 3.48. The van der Waals surface area contributed by atoms with Gasteiger partial charge in [0.2, 0.25) is 0 Å². The van der Waals surface area contributed by atoms with Crippen LogP contribution in [-0.2, 0) is 6.54 Å². The number of rotatable bonds is 4. The number of aryl methyl sites for hydroxylation is 1. The second-order valence-corrected chi connectivity index (χ2v) is 5.12. The summed E-state index contributed by atoms with van der Waals surface area (Å²) < 4.78 is 8.39. The number of hydrogen-bond acceptors (Lipinski definition) is 3. The highest BCUT2D eigenvalue weighted by Crippen LogP contribution is 2.29. The van der Waals surface area contributed by atoms with Gasteiger partial charge in [0.05, 0.1) is 5.02 Å². The van der Waals surface area contributed by atoms with Crippen LogP contribution in [0.15, 0.2) is 18.2 Å². The van der Waals surface area contributed by atoms with Crippen molar-refractivity contribution in [3.63, 3.8) is 0 Å². The summed E-state index contributed by atoms with van der Waals surface area (Å²) in [7, 11) is 0. The largest absolute Gasteiger partial charge is 0.481 e. The average Bonchev–Trinajstić information content (AvgIpc) is 2.75. The highest BCUT2D eigenvalue weighted by atomic mass is 35.5. The van der Waals surface area contributed by atoms with Crippen LogP contribution in [0.4, 0.5) is 0 Å². The van der Waals surface area contributed by atoms with E-state index in [1.165, 1.54) is 0 Å². The van der Waals surface area contributed by atoms with Crippen LogP contribution in [0.3, 0.4) is 0 Å². The van der Waals surface area contributed by atoms with Crippen LogP contribution >= 0.6 is 23.8 Å². The lowest BCUT2D eigenvalue weighted by atomic mass is 10.2. The Bertz CT molecular complexity index is 635. The molecule has 1 aromatic heterocycles. The van der Waals surface area contributed by atoms with Crippen LogP contribution in [0.5, 0.6) is 5.75 Å². The summed E-state index contributed by atoms with van der Waals surface area (Å²) in [6.07, 6.45) is -0.229. The van der Waals surface area contributed by atoms with E-state index in [1.54, 1.807) is 0 Å². The van der Waals surface area contributed by atoms with Gasteiger partial charge in [-0.05, 0) is 50.7 Å². The van der Waals surface area contributed by atoms with Crippen molar-refractivity contribution in [3.8, 4) is 5.75 Å². The molecule has 0 aliphatic rings. The third kappa shape index (κ3) is 2.98. The molecule has 2 aromatic rings. The maximum absolute atomic E-state index is 6.13. The molecule has 0 spiro atoms. The van der Waals surface area contributed by atoms with Crippen LogP contribution in [0, 0.1) is 11.7 Å². The van der Waals surface area contributed by atoms with Gasteiger partial charge in [0.25, 0.3) is 0 Å². The number of nitrogens with one attached hydrogen (secondary N) is 1.